The van der Waals surface area contributed by atoms with Crippen LogP contribution < -0.4 is 10.5 Å². The second-order valence-electron chi connectivity index (χ2n) is 3.50. The summed E-state index contributed by atoms with van der Waals surface area (Å²) in [7, 11) is 0. The lowest BCUT2D eigenvalue weighted by atomic mass is 10.2. The Labute approximate surface area is 98.2 Å². The van der Waals surface area contributed by atoms with E-state index < -0.39 is 5.91 Å². The summed E-state index contributed by atoms with van der Waals surface area (Å²) in [5, 5.41) is 7.74. The zero-order valence-corrected chi connectivity index (χ0v) is 9.25. The molecule has 0 spiro atoms. The van der Waals surface area contributed by atoms with Gasteiger partial charge in [0.15, 0.2) is 0 Å². The number of aryl methyl sites for hydroxylation is 1. The van der Waals surface area contributed by atoms with Gasteiger partial charge in [-0.1, -0.05) is 0 Å². The molecule has 0 atom stereocenters. The number of benzene rings is 1. The maximum Gasteiger partial charge on any atom is 0.248 e. The molecule has 0 aliphatic carbocycles. The number of hydrogen-bond acceptors (Lipinski definition) is 4. The first-order valence-electron chi connectivity index (χ1n) is 5.03. The number of nitrogens with two attached hydrogens (primary N) is 1. The molecule has 0 saturated carbocycles. The van der Waals surface area contributed by atoms with Crippen LogP contribution in [0.1, 0.15) is 16.1 Å². The second kappa shape index (κ2) is 4.61. The van der Waals surface area contributed by atoms with E-state index >= 15 is 0 Å². The van der Waals surface area contributed by atoms with Crippen LogP contribution in [0.2, 0.25) is 0 Å². The number of primary amides is 1. The summed E-state index contributed by atoms with van der Waals surface area (Å²) in [6, 6.07) is 10.0. The van der Waals surface area contributed by atoms with Crippen molar-refractivity contribution in [1.82, 2.24) is 10.2 Å². The zero-order chi connectivity index (χ0) is 12.3. The molecular weight excluding hydrogens is 218 g/mol. The Morgan fingerprint density at radius 1 is 1.12 bits per heavy atom. The largest absolute Gasteiger partial charge is 0.438 e. The van der Waals surface area contributed by atoms with E-state index in [4.69, 9.17) is 10.5 Å². The van der Waals surface area contributed by atoms with Crippen molar-refractivity contribution >= 4 is 5.91 Å². The Morgan fingerprint density at radius 3 is 2.35 bits per heavy atom. The number of hydrogen-bond donors (Lipinski definition) is 1. The average molecular weight is 229 g/mol. The van der Waals surface area contributed by atoms with Gasteiger partial charge in [-0.3, -0.25) is 4.79 Å². The lowest BCUT2D eigenvalue weighted by Gasteiger charge is -2.04. The summed E-state index contributed by atoms with van der Waals surface area (Å²) in [6.45, 7) is 1.85. The van der Waals surface area contributed by atoms with Crippen LogP contribution in [-0.2, 0) is 0 Å². The van der Waals surface area contributed by atoms with E-state index in [2.05, 4.69) is 10.2 Å². The molecule has 1 aromatic carbocycles. The molecule has 0 fully saturated rings. The van der Waals surface area contributed by atoms with Gasteiger partial charge in [-0.2, -0.15) is 5.10 Å². The van der Waals surface area contributed by atoms with E-state index in [0.29, 0.717) is 17.2 Å². The monoisotopic (exact) mass is 229 g/mol. The van der Waals surface area contributed by atoms with Crippen LogP contribution in [0, 0.1) is 6.92 Å². The van der Waals surface area contributed by atoms with Gasteiger partial charge in [0.2, 0.25) is 11.8 Å². The molecule has 0 radical (unpaired) electrons. The Bertz CT molecular complexity index is 520. The van der Waals surface area contributed by atoms with Crippen molar-refractivity contribution in [2.45, 2.75) is 6.92 Å². The molecule has 1 amide bonds. The minimum atomic E-state index is -0.466. The van der Waals surface area contributed by atoms with Crippen molar-refractivity contribution in [3.05, 3.63) is 47.7 Å². The van der Waals surface area contributed by atoms with Gasteiger partial charge in [-0.05, 0) is 37.3 Å². The molecule has 0 unspecified atom stereocenters. The summed E-state index contributed by atoms with van der Waals surface area (Å²) in [4.78, 5) is 10.9. The quantitative estimate of drug-likeness (QED) is 0.868. The number of aromatic nitrogens is 2. The van der Waals surface area contributed by atoms with Gasteiger partial charge in [0.25, 0.3) is 0 Å². The summed E-state index contributed by atoms with van der Waals surface area (Å²) in [6.07, 6.45) is 0. The number of rotatable bonds is 3. The predicted molar refractivity (Wildman–Crippen MR) is 61.8 cm³/mol. The van der Waals surface area contributed by atoms with Crippen molar-refractivity contribution in [2.75, 3.05) is 0 Å². The van der Waals surface area contributed by atoms with Gasteiger partial charge in [0, 0.05) is 11.6 Å². The number of ether oxygens (including phenoxy) is 1. The van der Waals surface area contributed by atoms with E-state index in [1.54, 1.807) is 36.4 Å². The van der Waals surface area contributed by atoms with Crippen LogP contribution in [0.4, 0.5) is 0 Å². The Kier molecular flexibility index (Phi) is 3.00. The Hall–Kier alpha value is -2.43. The highest BCUT2D eigenvalue weighted by atomic mass is 16.5. The molecular formula is C12H11N3O2. The highest BCUT2D eigenvalue weighted by molar-refractivity contribution is 5.92. The van der Waals surface area contributed by atoms with Crippen LogP contribution >= 0.6 is 0 Å². The lowest BCUT2D eigenvalue weighted by Crippen LogP contribution is -2.10. The van der Waals surface area contributed by atoms with Crippen molar-refractivity contribution in [3.63, 3.8) is 0 Å². The first-order valence-corrected chi connectivity index (χ1v) is 5.03. The summed E-state index contributed by atoms with van der Waals surface area (Å²) in [5.41, 5.74) is 6.39. The molecule has 2 rings (SSSR count). The Balaban J connectivity index is 2.13. The Morgan fingerprint density at radius 2 is 1.82 bits per heavy atom. The van der Waals surface area contributed by atoms with Crippen molar-refractivity contribution in [3.8, 4) is 11.6 Å². The number of carbonyl (C=O) groups excluding carboxylic acids is 1. The van der Waals surface area contributed by atoms with Gasteiger partial charge >= 0.3 is 0 Å². The minimum absolute atomic E-state index is 0.405. The zero-order valence-electron chi connectivity index (χ0n) is 9.25. The van der Waals surface area contributed by atoms with Crippen LogP contribution in [0.3, 0.4) is 0 Å². The summed E-state index contributed by atoms with van der Waals surface area (Å²) >= 11 is 0. The van der Waals surface area contributed by atoms with Crippen molar-refractivity contribution in [1.29, 1.82) is 0 Å². The second-order valence-corrected chi connectivity index (χ2v) is 3.50. The first kappa shape index (κ1) is 11.1. The molecule has 0 saturated heterocycles. The number of amides is 1. The molecule has 17 heavy (non-hydrogen) atoms. The summed E-state index contributed by atoms with van der Waals surface area (Å²) in [5.74, 6) is 0.516. The van der Waals surface area contributed by atoms with Gasteiger partial charge in [0.05, 0.1) is 5.69 Å². The number of nitrogens with zero attached hydrogens (tertiary/aromatic N) is 2. The van der Waals surface area contributed by atoms with Crippen LogP contribution in [0.5, 0.6) is 11.6 Å². The normalized spacial score (nSPS) is 9.94. The standard InChI is InChI=1S/C12H11N3O2/c1-8-2-7-11(15-14-8)17-10-5-3-9(4-6-10)12(13)16/h2-7H,1H3,(H2,13,16). The van der Waals surface area contributed by atoms with Gasteiger partial charge in [-0.15, -0.1) is 5.10 Å². The van der Waals surface area contributed by atoms with E-state index in [1.165, 1.54) is 0 Å². The minimum Gasteiger partial charge on any atom is -0.438 e. The van der Waals surface area contributed by atoms with Crippen molar-refractivity contribution < 1.29 is 9.53 Å². The predicted octanol–water partition coefficient (Wildman–Crippen LogP) is 1.68. The smallest absolute Gasteiger partial charge is 0.248 e. The average Bonchev–Trinajstić information content (AvgIpc) is 2.33. The fourth-order valence-electron chi connectivity index (χ4n) is 1.25. The van der Waals surface area contributed by atoms with E-state index in [0.717, 1.165) is 5.69 Å². The maximum atomic E-state index is 10.9. The molecule has 2 N–H and O–H groups in total. The third kappa shape index (κ3) is 2.78. The molecule has 1 aromatic heterocycles. The van der Waals surface area contributed by atoms with Crippen LogP contribution in [0.15, 0.2) is 36.4 Å². The highest BCUT2D eigenvalue weighted by Crippen LogP contribution is 2.18. The molecule has 86 valence electrons. The van der Waals surface area contributed by atoms with Crippen molar-refractivity contribution in [2.24, 2.45) is 5.73 Å². The van der Waals surface area contributed by atoms with Gasteiger partial charge < -0.3 is 10.5 Å². The molecule has 0 aliphatic rings. The van der Waals surface area contributed by atoms with E-state index in [-0.39, 0.29) is 0 Å². The topological polar surface area (TPSA) is 78.1 Å². The third-order valence-corrected chi connectivity index (χ3v) is 2.13. The molecule has 0 aliphatic heterocycles. The van der Waals surface area contributed by atoms with E-state index in [9.17, 15) is 4.79 Å². The summed E-state index contributed by atoms with van der Waals surface area (Å²) < 4.78 is 5.44. The SMILES string of the molecule is Cc1ccc(Oc2ccc(C(N)=O)cc2)nn1. The maximum absolute atomic E-state index is 10.9. The van der Waals surface area contributed by atoms with Crippen LogP contribution in [-0.4, -0.2) is 16.1 Å². The van der Waals surface area contributed by atoms with Gasteiger partial charge in [-0.25, -0.2) is 0 Å². The van der Waals surface area contributed by atoms with E-state index in [1.807, 2.05) is 6.92 Å². The fourth-order valence-corrected chi connectivity index (χ4v) is 1.25. The first-order chi connectivity index (χ1) is 8.15. The van der Waals surface area contributed by atoms with Crippen LogP contribution in [0.25, 0.3) is 0 Å². The third-order valence-electron chi connectivity index (χ3n) is 2.13. The molecule has 2 aromatic rings. The highest BCUT2D eigenvalue weighted by Gasteiger charge is 2.02. The van der Waals surface area contributed by atoms with Gasteiger partial charge in [0.1, 0.15) is 5.75 Å². The number of carbonyl (C=O) groups is 1. The lowest BCUT2D eigenvalue weighted by molar-refractivity contribution is 0.100. The molecule has 5 heteroatoms. The molecule has 1 heterocycles. The molecule has 0 bridgehead atoms. The fraction of sp³-hybridized carbons (Fsp3) is 0.0833. The molecule has 5 nitrogen and oxygen atoms in total.